The third-order valence-electron chi connectivity index (χ3n) is 6.17. The quantitative estimate of drug-likeness (QED) is 0.374. The number of methoxy groups -OCH3 is 2. The number of thiazole rings is 1. The van der Waals surface area contributed by atoms with Crippen LogP contribution in [-0.2, 0) is 14.8 Å². The van der Waals surface area contributed by atoms with E-state index >= 15 is 0 Å². The molecule has 1 N–H and O–H groups in total. The summed E-state index contributed by atoms with van der Waals surface area (Å²) in [4.78, 5) is 17.7. The molecule has 4 aromatic rings. The monoisotopic (exact) mass is 527 g/mol. The summed E-state index contributed by atoms with van der Waals surface area (Å²) in [6.07, 6.45) is 1.19. The van der Waals surface area contributed by atoms with Crippen LogP contribution in [0.3, 0.4) is 0 Å². The zero-order valence-electron chi connectivity index (χ0n) is 19.8. The number of rotatable bonds is 7. The summed E-state index contributed by atoms with van der Waals surface area (Å²) < 4.78 is 44.0. The zero-order valence-corrected chi connectivity index (χ0v) is 21.4. The van der Waals surface area contributed by atoms with E-state index in [1.807, 2.05) is 24.3 Å². The third kappa shape index (κ3) is 4.69. The summed E-state index contributed by atoms with van der Waals surface area (Å²) in [5.41, 5.74) is 1.23. The highest BCUT2D eigenvalue weighted by molar-refractivity contribution is 7.89. The number of nitrogens with zero attached hydrogens (tertiary/aromatic N) is 2. The van der Waals surface area contributed by atoms with Gasteiger partial charge in [-0.25, -0.2) is 13.4 Å². The fourth-order valence-corrected chi connectivity index (χ4v) is 6.47. The molecule has 0 saturated carbocycles. The van der Waals surface area contributed by atoms with Crippen LogP contribution in [0.25, 0.3) is 22.4 Å². The number of fused-ring (bicyclic) bond motifs is 1. The molecule has 1 fully saturated rings. The van der Waals surface area contributed by atoms with Crippen LogP contribution >= 0.6 is 11.3 Å². The number of nitrogens with one attached hydrogen (secondary N) is 1. The first kappa shape index (κ1) is 24.3. The molecule has 9 nitrogen and oxygen atoms in total. The normalized spacial score (nSPS) is 16.7. The summed E-state index contributed by atoms with van der Waals surface area (Å²) >= 11 is 1.29. The maximum Gasteiger partial charge on any atom is 0.243 e. The highest BCUT2D eigenvalue weighted by Gasteiger charge is 2.33. The minimum absolute atomic E-state index is 0.113. The Kier molecular flexibility index (Phi) is 6.69. The Hall–Kier alpha value is -3.41. The molecule has 0 aliphatic carbocycles. The van der Waals surface area contributed by atoms with Crippen molar-refractivity contribution in [2.45, 2.75) is 17.7 Å². The van der Waals surface area contributed by atoms with Gasteiger partial charge in [-0.3, -0.25) is 4.79 Å². The Balaban J connectivity index is 1.28. The summed E-state index contributed by atoms with van der Waals surface area (Å²) in [5.74, 6) is 1.05. The second kappa shape index (κ2) is 9.92. The first-order valence-electron chi connectivity index (χ1n) is 11.4. The molecule has 1 saturated heterocycles. The van der Waals surface area contributed by atoms with E-state index in [0.717, 1.165) is 5.39 Å². The van der Waals surface area contributed by atoms with Crippen LogP contribution < -0.4 is 14.8 Å². The first-order valence-corrected chi connectivity index (χ1v) is 13.7. The lowest BCUT2D eigenvalue weighted by Crippen LogP contribution is -2.43. The van der Waals surface area contributed by atoms with Crippen LogP contribution in [-0.4, -0.2) is 50.9 Å². The van der Waals surface area contributed by atoms with E-state index < -0.39 is 15.9 Å². The van der Waals surface area contributed by atoms with Gasteiger partial charge in [-0.2, -0.15) is 4.31 Å². The van der Waals surface area contributed by atoms with Crippen LogP contribution in [0.4, 0.5) is 5.13 Å². The van der Waals surface area contributed by atoms with E-state index in [4.69, 9.17) is 13.9 Å². The van der Waals surface area contributed by atoms with E-state index in [2.05, 4.69) is 10.3 Å². The van der Waals surface area contributed by atoms with Gasteiger partial charge in [-0.1, -0.05) is 12.1 Å². The second-order valence-electron chi connectivity index (χ2n) is 8.39. The van der Waals surface area contributed by atoms with E-state index in [0.29, 0.717) is 53.1 Å². The van der Waals surface area contributed by atoms with Crippen molar-refractivity contribution in [2.75, 3.05) is 32.6 Å². The lowest BCUT2D eigenvalue weighted by atomic mass is 9.99. The number of hydrogen-bond acceptors (Lipinski definition) is 8. The molecule has 1 atom stereocenters. The number of hydrogen-bond donors (Lipinski definition) is 1. The third-order valence-corrected chi connectivity index (χ3v) is 8.80. The number of furan rings is 1. The van der Waals surface area contributed by atoms with Crippen molar-refractivity contribution in [3.05, 3.63) is 53.9 Å². The summed E-state index contributed by atoms with van der Waals surface area (Å²) in [6, 6.07) is 13.8. The van der Waals surface area contributed by atoms with Crippen molar-refractivity contribution in [1.29, 1.82) is 0 Å². The largest absolute Gasteiger partial charge is 0.497 e. The number of amides is 1. The Labute approximate surface area is 212 Å². The molecule has 1 aliphatic heterocycles. The molecule has 11 heteroatoms. The van der Waals surface area contributed by atoms with Gasteiger partial charge in [0.1, 0.15) is 11.4 Å². The number of benzene rings is 2. The SMILES string of the molecule is COc1ccc(S(=O)(=O)N2CCCC(C(=O)Nc3nc(-c4cc5cccc(OC)c5o4)cs3)C2)cc1. The highest BCUT2D eigenvalue weighted by Crippen LogP contribution is 2.35. The molecular weight excluding hydrogens is 502 g/mol. The summed E-state index contributed by atoms with van der Waals surface area (Å²) in [5, 5.41) is 5.98. The summed E-state index contributed by atoms with van der Waals surface area (Å²) in [6.45, 7) is 0.483. The molecule has 0 radical (unpaired) electrons. The molecule has 1 unspecified atom stereocenters. The first-order chi connectivity index (χ1) is 17.4. The average Bonchev–Trinajstić information content (AvgIpc) is 3.55. The fraction of sp³-hybridized carbons (Fsp3) is 0.280. The van der Waals surface area contributed by atoms with Crippen molar-refractivity contribution in [3.8, 4) is 23.0 Å². The topological polar surface area (TPSA) is 111 Å². The molecule has 1 aliphatic rings. The molecule has 188 valence electrons. The number of anilines is 1. The number of sulfonamides is 1. The lowest BCUT2D eigenvalue weighted by Gasteiger charge is -2.31. The van der Waals surface area contributed by atoms with E-state index in [1.165, 1.54) is 34.9 Å². The van der Waals surface area contributed by atoms with Crippen molar-refractivity contribution in [2.24, 2.45) is 5.92 Å². The Morgan fingerprint density at radius 2 is 1.97 bits per heavy atom. The minimum atomic E-state index is -3.71. The van der Waals surface area contributed by atoms with Crippen molar-refractivity contribution < 1.29 is 27.1 Å². The fourth-order valence-electron chi connectivity index (χ4n) is 4.25. The van der Waals surface area contributed by atoms with E-state index in [1.54, 1.807) is 24.6 Å². The standard InChI is InChI=1S/C25H25N3O6S2/c1-32-18-8-10-19(11-9-18)36(30,31)28-12-4-6-17(14-28)24(29)27-25-26-20(15-35-25)22-13-16-5-3-7-21(33-2)23(16)34-22/h3,5,7-11,13,15,17H,4,6,12,14H2,1-2H3,(H,26,27,29). The number of aromatic nitrogens is 1. The maximum atomic E-state index is 13.1. The van der Waals surface area contributed by atoms with Crippen molar-refractivity contribution in [3.63, 3.8) is 0 Å². The Bertz CT molecular complexity index is 1490. The predicted octanol–water partition coefficient (Wildman–Crippen LogP) is 4.61. The molecule has 5 rings (SSSR count). The number of carbonyl (C=O) groups is 1. The molecule has 36 heavy (non-hydrogen) atoms. The number of carbonyl (C=O) groups excluding carboxylic acids is 1. The predicted molar refractivity (Wildman–Crippen MR) is 137 cm³/mol. The van der Waals surface area contributed by atoms with Gasteiger partial charge in [0.25, 0.3) is 0 Å². The molecule has 1 amide bonds. The summed E-state index contributed by atoms with van der Waals surface area (Å²) in [7, 11) is -0.605. The van der Waals surface area contributed by atoms with E-state index in [9.17, 15) is 13.2 Å². The molecule has 3 heterocycles. The minimum Gasteiger partial charge on any atom is -0.497 e. The van der Waals surface area contributed by atoms with Gasteiger partial charge in [0.2, 0.25) is 15.9 Å². The van der Waals surface area contributed by atoms with Gasteiger partial charge in [-0.05, 0) is 49.2 Å². The van der Waals surface area contributed by atoms with E-state index in [-0.39, 0.29) is 17.3 Å². The smallest absolute Gasteiger partial charge is 0.243 e. The maximum absolute atomic E-state index is 13.1. The van der Waals surface area contributed by atoms with Crippen molar-refractivity contribution >= 4 is 43.4 Å². The molecule has 2 aromatic heterocycles. The average molecular weight is 528 g/mol. The number of ether oxygens (including phenoxy) is 2. The van der Waals surface area contributed by atoms with Crippen molar-refractivity contribution in [1.82, 2.24) is 9.29 Å². The van der Waals surface area contributed by atoms with Gasteiger partial charge >= 0.3 is 0 Å². The number of piperidine rings is 1. The van der Waals surface area contributed by atoms with Gasteiger partial charge in [-0.15, -0.1) is 11.3 Å². The number of para-hydroxylation sites is 1. The molecular formula is C25H25N3O6S2. The van der Waals surface area contributed by atoms with Gasteiger partial charge in [0, 0.05) is 23.9 Å². The van der Waals surface area contributed by atoms with Crippen LogP contribution in [0.1, 0.15) is 12.8 Å². The van der Waals surface area contributed by atoms with Crippen LogP contribution in [0.15, 0.2) is 63.2 Å². The molecule has 0 bridgehead atoms. The second-order valence-corrected chi connectivity index (χ2v) is 11.2. The van der Waals surface area contributed by atoms with Gasteiger partial charge < -0.3 is 19.2 Å². The zero-order chi connectivity index (χ0) is 25.3. The molecule has 2 aromatic carbocycles. The molecule has 0 spiro atoms. The van der Waals surface area contributed by atoms with Gasteiger partial charge in [0.15, 0.2) is 22.2 Å². The van der Waals surface area contributed by atoms with Crippen LogP contribution in [0.2, 0.25) is 0 Å². The van der Waals surface area contributed by atoms with Crippen LogP contribution in [0.5, 0.6) is 11.5 Å². The Morgan fingerprint density at radius 1 is 1.17 bits per heavy atom. The van der Waals surface area contributed by atoms with Gasteiger partial charge in [0.05, 0.1) is 25.0 Å². The highest BCUT2D eigenvalue weighted by atomic mass is 32.2. The van der Waals surface area contributed by atoms with Crippen LogP contribution in [0, 0.1) is 5.92 Å². The Morgan fingerprint density at radius 3 is 2.72 bits per heavy atom. The lowest BCUT2D eigenvalue weighted by molar-refractivity contribution is -0.120.